The molecule has 1 aliphatic heterocycles. The van der Waals surface area contributed by atoms with Crippen molar-refractivity contribution in [3.05, 3.63) is 24.6 Å². The van der Waals surface area contributed by atoms with Gasteiger partial charge < -0.3 is 9.90 Å². The second-order valence-corrected chi connectivity index (χ2v) is 10.1. The zero-order valence-electron chi connectivity index (χ0n) is 22.3. The first kappa shape index (κ1) is 30.6. The average Bonchev–Trinajstić information content (AvgIpc) is 3.20. The Morgan fingerprint density at radius 1 is 0.882 bits per heavy atom. The fourth-order valence-corrected chi connectivity index (χ4v) is 4.81. The molecule has 0 saturated heterocycles. The van der Waals surface area contributed by atoms with Gasteiger partial charge in [0, 0.05) is 13.3 Å². The highest BCUT2D eigenvalue weighted by Crippen LogP contribution is 2.23. The highest BCUT2D eigenvalue weighted by atomic mass is 16.4. The number of carboxylic acids is 1. The Hall–Kier alpha value is -1.46. The molecule has 0 aromatic carbocycles. The van der Waals surface area contributed by atoms with Crippen LogP contribution in [0.1, 0.15) is 136 Å². The van der Waals surface area contributed by atoms with E-state index in [0.29, 0.717) is 0 Å². The Kier molecular flexibility index (Phi) is 17.8. The van der Waals surface area contributed by atoms with Crippen molar-refractivity contribution in [3.8, 4) is 0 Å². The fourth-order valence-electron chi connectivity index (χ4n) is 4.81. The maximum absolute atomic E-state index is 11.2. The van der Waals surface area contributed by atoms with Gasteiger partial charge >= 0.3 is 0 Å². The number of quaternary nitrogens is 1. The molecule has 0 aromatic rings. The number of carboxylic acid groups (broad SMARTS) is 1. The summed E-state index contributed by atoms with van der Waals surface area (Å²) < 4.78 is 0.0986. The molecular weight excluding hydrogens is 422 g/mol. The van der Waals surface area contributed by atoms with Gasteiger partial charge in [-0.15, -0.1) is 0 Å². The van der Waals surface area contributed by atoms with Gasteiger partial charge in [-0.1, -0.05) is 103 Å². The van der Waals surface area contributed by atoms with Crippen LogP contribution in [0.4, 0.5) is 0 Å². The summed E-state index contributed by atoms with van der Waals surface area (Å²) in [4.78, 5) is 15.6. The Morgan fingerprint density at radius 2 is 1.35 bits per heavy atom. The monoisotopic (exact) mass is 475 g/mol. The number of rotatable bonds is 23. The number of hydrogen-bond acceptors (Lipinski definition) is 4. The van der Waals surface area contributed by atoms with Crippen molar-refractivity contribution < 1.29 is 14.4 Å². The third kappa shape index (κ3) is 13.4. The molecule has 5 heteroatoms. The predicted molar refractivity (Wildman–Crippen MR) is 143 cm³/mol. The molecule has 2 unspecified atom stereocenters. The van der Waals surface area contributed by atoms with E-state index in [4.69, 9.17) is 5.73 Å². The van der Waals surface area contributed by atoms with Crippen molar-refractivity contribution in [1.82, 2.24) is 0 Å². The van der Waals surface area contributed by atoms with Crippen molar-refractivity contribution >= 4 is 11.8 Å². The number of unbranched alkanes of at least 4 members (excludes halogenated alkanes) is 16. The van der Waals surface area contributed by atoms with E-state index >= 15 is 0 Å². The van der Waals surface area contributed by atoms with Crippen LogP contribution in [-0.2, 0) is 4.79 Å². The van der Waals surface area contributed by atoms with Gasteiger partial charge in [-0.25, -0.2) is 9.48 Å². The van der Waals surface area contributed by atoms with Gasteiger partial charge in [-0.2, -0.15) is 0 Å². The Morgan fingerprint density at radius 3 is 1.82 bits per heavy atom. The van der Waals surface area contributed by atoms with Gasteiger partial charge in [0.2, 0.25) is 5.84 Å². The minimum Gasteiger partial charge on any atom is -0.544 e. The molecule has 1 rings (SSSR count). The van der Waals surface area contributed by atoms with Crippen molar-refractivity contribution in [2.24, 2.45) is 10.7 Å². The largest absolute Gasteiger partial charge is 0.544 e. The number of carbonyl (C=O) groups excluding carboxylic acids is 1. The number of amidine groups is 1. The van der Waals surface area contributed by atoms with Gasteiger partial charge in [-0.05, 0) is 32.1 Å². The first-order chi connectivity index (χ1) is 16.5. The molecule has 0 radical (unpaired) electrons. The van der Waals surface area contributed by atoms with E-state index in [0.717, 1.165) is 37.9 Å². The van der Waals surface area contributed by atoms with Crippen molar-refractivity contribution in [3.63, 3.8) is 0 Å². The lowest BCUT2D eigenvalue weighted by Gasteiger charge is -2.36. The summed E-state index contributed by atoms with van der Waals surface area (Å²) in [7, 11) is 0. The molecule has 0 aliphatic carbocycles. The quantitative estimate of drug-likeness (QED) is 0.101. The smallest absolute Gasteiger partial charge is 0.209 e. The second kappa shape index (κ2) is 19.8. The molecule has 0 fully saturated rings. The molecule has 1 aliphatic rings. The van der Waals surface area contributed by atoms with Crippen LogP contribution in [0.5, 0.6) is 0 Å². The minimum atomic E-state index is -1.09. The maximum atomic E-state index is 11.2. The van der Waals surface area contributed by atoms with Gasteiger partial charge in [0.1, 0.15) is 18.9 Å². The van der Waals surface area contributed by atoms with Crippen LogP contribution >= 0.6 is 0 Å². The van der Waals surface area contributed by atoms with Gasteiger partial charge in [0.15, 0.2) is 0 Å². The zero-order chi connectivity index (χ0) is 24.9. The summed E-state index contributed by atoms with van der Waals surface area (Å²) >= 11 is 0. The summed E-state index contributed by atoms with van der Waals surface area (Å²) in [5.74, 6) is -0.248. The average molecular weight is 476 g/mol. The van der Waals surface area contributed by atoms with E-state index in [1.54, 1.807) is 12.4 Å². The number of nitrogens with two attached hydrogens (primary N) is 1. The number of aliphatic carboxylic acids is 1. The van der Waals surface area contributed by atoms with E-state index in [1.807, 2.05) is 6.92 Å². The van der Waals surface area contributed by atoms with E-state index in [2.05, 4.69) is 24.1 Å². The summed E-state index contributed by atoms with van der Waals surface area (Å²) in [6.07, 6.45) is 32.5. The predicted octanol–water partition coefficient (Wildman–Crippen LogP) is 6.73. The van der Waals surface area contributed by atoms with Crippen LogP contribution in [0.15, 0.2) is 29.5 Å². The van der Waals surface area contributed by atoms with Gasteiger partial charge in [0.05, 0.1) is 12.2 Å². The highest BCUT2D eigenvalue weighted by Gasteiger charge is 2.38. The third-order valence-corrected chi connectivity index (χ3v) is 7.07. The number of carbonyl (C=O) groups is 1. The Bertz CT molecular complexity index is 612. The molecule has 5 nitrogen and oxygen atoms in total. The van der Waals surface area contributed by atoms with Crippen LogP contribution < -0.4 is 10.8 Å². The molecule has 0 bridgehead atoms. The van der Waals surface area contributed by atoms with Crippen LogP contribution in [-0.4, -0.2) is 29.0 Å². The van der Waals surface area contributed by atoms with E-state index in [1.165, 1.54) is 89.9 Å². The zero-order valence-corrected chi connectivity index (χ0v) is 22.3. The molecule has 2 atom stereocenters. The van der Waals surface area contributed by atoms with Crippen molar-refractivity contribution in [1.29, 1.82) is 0 Å². The molecule has 0 saturated carbocycles. The topological polar surface area (TPSA) is 78.5 Å². The minimum absolute atomic E-state index is 0.0986. The molecule has 196 valence electrons. The van der Waals surface area contributed by atoms with E-state index in [9.17, 15) is 9.90 Å². The van der Waals surface area contributed by atoms with E-state index in [-0.39, 0.29) is 17.2 Å². The lowest BCUT2D eigenvalue weighted by Crippen LogP contribution is -2.60. The molecule has 2 N–H and O–H groups in total. The van der Waals surface area contributed by atoms with Crippen molar-refractivity contribution in [2.45, 2.75) is 142 Å². The standard InChI is InChI=1S/C29H53N3O2/c1-3-4-5-6-7-8-9-10-11-12-13-14-15-16-17-18-19-20-21-22-23-28-31-24-25-32(28,27(2)30)26-29(33)34/h17-18,24-25,27H,3-16,19-23,26,30H2,1-2H3/b18-17+. The normalized spacial score (nSPS) is 18.6. The Labute approximate surface area is 210 Å². The molecule has 34 heavy (non-hydrogen) atoms. The maximum Gasteiger partial charge on any atom is 0.209 e. The first-order valence-electron chi connectivity index (χ1n) is 14.3. The van der Waals surface area contributed by atoms with Crippen LogP contribution in [0, 0.1) is 0 Å². The number of aliphatic imine (C=N–C) groups is 1. The number of hydrogen-bond donors (Lipinski definition) is 1. The molecule has 0 aromatic heterocycles. The molecule has 0 amide bonds. The SMILES string of the molecule is CCCCCCCCCCCCCCC/C=C/CCCCCC1=NC=C[N+]1(CC(=O)[O-])C(C)N. The summed E-state index contributed by atoms with van der Waals surface area (Å²) in [5.41, 5.74) is 6.09. The van der Waals surface area contributed by atoms with E-state index < -0.39 is 5.97 Å². The Balaban J connectivity index is 1.93. The lowest BCUT2D eigenvalue weighted by molar-refractivity contribution is -0.808. The fraction of sp³-hybridized carbons (Fsp3) is 0.793. The van der Waals surface area contributed by atoms with Crippen LogP contribution in [0.2, 0.25) is 0 Å². The summed E-state index contributed by atoms with van der Waals surface area (Å²) in [6.45, 7) is 3.97. The van der Waals surface area contributed by atoms with Gasteiger partial charge in [-0.3, -0.25) is 5.73 Å². The number of allylic oxidation sites excluding steroid dienone is 2. The number of nitrogens with zero attached hydrogens (tertiary/aromatic N) is 2. The molecular formula is C29H53N3O2. The first-order valence-corrected chi connectivity index (χ1v) is 14.3. The highest BCUT2D eigenvalue weighted by molar-refractivity contribution is 5.81. The van der Waals surface area contributed by atoms with Crippen molar-refractivity contribution in [2.75, 3.05) is 6.54 Å². The second-order valence-electron chi connectivity index (χ2n) is 10.1. The molecule has 1 heterocycles. The summed E-state index contributed by atoms with van der Waals surface area (Å²) in [5, 5.41) is 11.2. The third-order valence-electron chi connectivity index (χ3n) is 7.07. The van der Waals surface area contributed by atoms with Gasteiger partial charge in [0.25, 0.3) is 0 Å². The summed E-state index contributed by atoms with van der Waals surface area (Å²) in [6, 6.07) is 0. The van der Waals surface area contributed by atoms with Crippen LogP contribution in [0.3, 0.4) is 0 Å². The van der Waals surface area contributed by atoms with Crippen LogP contribution in [0.25, 0.3) is 0 Å². The lowest BCUT2D eigenvalue weighted by atomic mass is 10.0. The molecule has 0 spiro atoms.